The molecule has 4 rings (SSSR count). The molecule has 2 aliphatic rings. The Balaban J connectivity index is 1.32. The highest BCUT2D eigenvalue weighted by atomic mass is 32.2. The molecular weight excluding hydrogens is 362 g/mol. The quantitative estimate of drug-likeness (QED) is 0.826. The van der Waals surface area contributed by atoms with E-state index in [4.69, 9.17) is 4.74 Å². The zero-order valence-corrected chi connectivity index (χ0v) is 16.2. The van der Waals surface area contributed by atoms with Crippen LogP contribution in [0.5, 0.6) is 5.75 Å². The first kappa shape index (κ1) is 18.3. The maximum absolute atomic E-state index is 12.7. The first-order chi connectivity index (χ1) is 13.1. The smallest absolute Gasteiger partial charge is 0.279 e. The Morgan fingerprint density at radius 3 is 2.26 bits per heavy atom. The Morgan fingerprint density at radius 1 is 0.963 bits per heavy atom. The molecule has 1 aliphatic carbocycles. The van der Waals surface area contributed by atoms with Crippen LogP contribution in [0.3, 0.4) is 0 Å². The Morgan fingerprint density at radius 2 is 1.63 bits per heavy atom. The largest absolute Gasteiger partial charge is 0.497 e. The number of rotatable bonds is 6. The van der Waals surface area contributed by atoms with E-state index in [2.05, 4.69) is 21.8 Å². The minimum Gasteiger partial charge on any atom is -0.497 e. The van der Waals surface area contributed by atoms with Crippen molar-refractivity contribution in [1.29, 1.82) is 0 Å². The molecule has 0 radical (unpaired) electrons. The number of methoxy groups -OCH3 is 1. The molecule has 0 spiro atoms. The summed E-state index contributed by atoms with van der Waals surface area (Å²) >= 11 is 0. The van der Waals surface area contributed by atoms with Crippen molar-refractivity contribution in [2.75, 3.05) is 38.2 Å². The Kier molecular flexibility index (Phi) is 5.08. The van der Waals surface area contributed by atoms with Crippen LogP contribution in [-0.4, -0.2) is 52.1 Å². The van der Waals surface area contributed by atoms with Crippen molar-refractivity contribution in [3.05, 3.63) is 60.2 Å². The Labute approximate surface area is 160 Å². The molecule has 0 aromatic heterocycles. The van der Waals surface area contributed by atoms with E-state index < -0.39 is 10.2 Å². The number of hydrogen-bond acceptors (Lipinski definition) is 4. The average molecular weight is 388 g/mol. The number of ether oxygens (including phenoxy) is 1. The first-order valence-corrected chi connectivity index (χ1v) is 10.7. The van der Waals surface area contributed by atoms with Crippen molar-refractivity contribution in [2.24, 2.45) is 0 Å². The molecule has 2 aromatic carbocycles. The lowest BCUT2D eigenvalue weighted by Gasteiger charge is -2.35. The lowest BCUT2D eigenvalue weighted by atomic mass is 10.1. The molecule has 0 bridgehead atoms. The molecular formula is C20H25N3O3S. The van der Waals surface area contributed by atoms with Gasteiger partial charge in [-0.2, -0.15) is 17.4 Å². The molecule has 2 atom stereocenters. The fraction of sp³-hybridized carbons (Fsp3) is 0.400. The number of benzene rings is 2. The van der Waals surface area contributed by atoms with Gasteiger partial charge in [-0.05, 0) is 36.2 Å². The third kappa shape index (κ3) is 4.10. The van der Waals surface area contributed by atoms with Crippen LogP contribution in [0.2, 0.25) is 0 Å². The number of piperazine rings is 1. The number of anilines is 1. The summed E-state index contributed by atoms with van der Waals surface area (Å²) in [5, 5.41) is 0. The molecule has 1 saturated heterocycles. The first-order valence-electron chi connectivity index (χ1n) is 9.28. The monoisotopic (exact) mass is 387 g/mol. The molecule has 6 nitrogen and oxygen atoms in total. The van der Waals surface area contributed by atoms with E-state index in [1.54, 1.807) is 11.4 Å². The predicted octanol–water partition coefficient (Wildman–Crippen LogP) is 2.21. The molecule has 27 heavy (non-hydrogen) atoms. The second-order valence-electron chi connectivity index (χ2n) is 7.07. The summed E-state index contributed by atoms with van der Waals surface area (Å²) in [5.74, 6) is 1.11. The van der Waals surface area contributed by atoms with Gasteiger partial charge in [-0.15, -0.1) is 0 Å². The van der Waals surface area contributed by atoms with Gasteiger partial charge in [0.05, 0.1) is 7.11 Å². The Hall–Kier alpha value is -2.09. The summed E-state index contributed by atoms with van der Waals surface area (Å²) in [7, 11) is -1.79. The second kappa shape index (κ2) is 7.50. The van der Waals surface area contributed by atoms with Gasteiger partial charge in [-0.3, -0.25) is 0 Å². The normalized spacial score (nSPS) is 23.2. The minimum atomic E-state index is -3.44. The van der Waals surface area contributed by atoms with Crippen LogP contribution in [0, 0.1) is 0 Å². The van der Waals surface area contributed by atoms with Crippen LogP contribution in [0.15, 0.2) is 54.6 Å². The molecule has 1 saturated carbocycles. The number of hydrogen-bond donors (Lipinski definition) is 1. The van der Waals surface area contributed by atoms with Crippen LogP contribution < -0.4 is 14.4 Å². The highest BCUT2D eigenvalue weighted by molar-refractivity contribution is 7.87. The van der Waals surface area contributed by atoms with Crippen molar-refractivity contribution in [2.45, 2.75) is 18.4 Å². The second-order valence-corrected chi connectivity index (χ2v) is 8.77. The summed E-state index contributed by atoms with van der Waals surface area (Å²) in [4.78, 5) is 2.20. The molecule has 0 amide bonds. The SMILES string of the molecule is COc1ccc(N2CCN(S(=O)(=O)N[C@@H]3C[C@H]3c3ccccc3)CC2)cc1. The highest BCUT2D eigenvalue weighted by Gasteiger charge is 2.42. The molecule has 2 aromatic rings. The number of nitrogens with zero attached hydrogens (tertiary/aromatic N) is 2. The van der Waals surface area contributed by atoms with Crippen LogP contribution in [0.25, 0.3) is 0 Å². The Bertz CT molecular complexity index is 863. The van der Waals surface area contributed by atoms with Crippen molar-refractivity contribution in [3.63, 3.8) is 0 Å². The van der Waals surface area contributed by atoms with Crippen molar-refractivity contribution in [1.82, 2.24) is 9.03 Å². The zero-order chi connectivity index (χ0) is 18.9. The van der Waals surface area contributed by atoms with Gasteiger partial charge >= 0.3 is 0 Å². The fourth-order valence-corrected chi connectivity index (χ4v) is 5.08. The summed E-state index contributed by atoms with van der Waals surface area (Å²) in [5.41, 5.74) is 2.29. The molecule has 2 fully saturated rings. The van der Waals surface area contributed by atoms with E-state index in [1.165, 1.54) is 5.56 Å². The van der Waals surface area contributed by atoms with Gasteiger partial charge in [0.25, 0.3) is 10.2 Å². The van der Waals surface area contributed by atoms with Gasteiger partial charge in [0.2, 0.25) is 0 Å². The summed E-state index contributed by atoms with van der Waals surface area (Å²) in [6.45, 7) is 2.34. The van der Waals surface area contributed by atoms with Crippen LogP contribution >= 0.6 is 0 Å². The maximum Gasteiger partial charge on any atom is 0.279 e. The van der Waals surface area contributed by atoms with Crippen molar-refractivity contribution < 1.29 is 13.2 Å². The van der Waals surface area contributed by atoms with Crippen molar-refractivity contribution >= 4 is 15.9 Å². The standard InChI is InChI=1S/C20H25N3O3S/c1-26-18-9-7-17(8-10-18)22-11-13-23(14-12-22)27(24,25)21-20-15-19(20)16-5-3-2-4-6-16/h2-10,19-21H,11-15H2,1H3/t19-,20+/m0/s1. The highest BCUT2D eigenvalue weighted by Crippen LogP contribution is 2.41. The molecule has 144 valence electrons. The van der Waals surface area contributed by atoms with E-state index >= 15 is 0 Å². The fourth-order valence-electron chi connectivity index (χ4n) is 3.64. The third-order valence-corrected chi connectivity index (χ3v) is 6.98. The molecule has 1 heterocycles. The van der Waals surface area contributed by atoms with E-state index in [0.29, 0.717) is 32.1 Å². The zero-order valence-electron chi connectivity index (χ0n) is 15.4. The van der Waals surface area contributed by atoms with Crippen molar-refractivity contribution in [3.8, 4) is 5.75 Å². The van der Waals surface area contributed by atoms with Crippen LogP contribution in [0.4, 0.5) is 5.69 Å². The van der Waals surface area contributed by atoms with E-state index in [0.717, 1.165) is 17.9 Å². The van der Waals surface area contributed by atoms with Gasteiger partial charge < -0.3 is 9.64 Å². The van der Waals surface area contributed by atoms with E-state index in [9.17, 15) is 8.42 Å². The van der Waals surface area contributed by atoms with Crippen LogP contribution in [0.1, 0.15) is 17.9 Å². The molecule has 0 unspecified atom stereocenters. The number of nitrogens with one attached hydrogen (secondary N) is 1. The molecule has 1 N–H and O–H groups in total. The molecule has 7 heteroatoms. The predicted molar refractivity (Wildman–Crippen MR) is 106 cm³/mol. The maximum atomic E-state index is 12.7. The van der Waals surface area contributed by atoms with Crippen LogP contribution in [-0.2, 0) is 10.2 Å². The summed E-state index contributed by atoms with van der Waals surface area (Å²) in [6, 6.07) is 18.0. The van der Waals surface area contributed by atoms with Gasteiger partial charge in [0.1, 0.15) is 5.75 Å². The summed E-state index contributed by atoms with van der Waals surface area (Å²) < 4.78 is 35.1. The average Bonchev–Trinajstić information content (AvgIpc) is 3.47. The lowest BCUT2D eigenvalue weighted by molar-refractivity contribution is 0.378. The molecule has 1 aliphatic heterocycles. The van der Waals surface area contributed by atoms with Gasteiger partial charge in [-0.25, -0.2) is 0 Å². The van der Waals surface area contributed by atoms with Gasteiger partial charge in [0, 0.05) is 43.8 Å². The van der Waals surface area contributed by atoms with E-state index in [1.807, 2.05) is 42.5 Å². The topological polar surface area (TPSA) is 61.9 Å². The van der Waals surface area contributed by atoms with Gasteiger partial charge in [-0.1, -0.05) is 30.3 Å². The lowest BCUT2D eigenvalue weighted by Crippen LogP contribution is -2.52. The third-order valence-electron chi connectivity index (χ3n) is 5.33. The summed E-state index contributed by atoms with van der Waals surface area (Å²) in [6.07, 6.45) is 0.870. The van der Waals surface area contributed by atoms with Gasteiger partial charge in [0.15, 0.2) is 0 Å². The minimum absolute atomic E-state index is 0.0111. The van der Waals surface area contributed by atoms with E-state index in [-0.39, 0.29) is 6.04 Å².